The van der Waals surface area contributed by atoms with Gasteiger partial charge < -0.3 is 9.80 Å². The lowest BCUT2D eigenvalue weighted by molar-refractivity contribution is -0.925. The van der Waals surface area contributed by atoms with E-state index < -0.39 is 9.84 Å². The van der Waals surface area contributed by atoms with Crippen LogP contribution in [0.5, 0.6) is 0 Å². The number of amides is 1. The molecule has 2 aliphatic heterocycles. The summed E-state index contributed by atoms with van der Waals surface area (Å²) in [5.74, 6) is 0.154. The number of sulfone groups is 1. The topological polar surface area (TPSA) is 58.9 Å². The molecule has 5 nitrogen and oxygen atoms in total. The highest BCUT2D eigenvalue weighted by atomic mass is 32.2. The van der Waals surface area contributed by atoms with Crippen molar-refractivity contribution in [2.24, 2.45) is 0 Å². The molecule has 7 heteroatoms. The molecular formula is C17H22FN2O3S+. The van der Waals surface area contributed by atoms with E-state index in [-0.39, 0.29) is 23.5 Å². The number of carbonyl (C=O) groups is 1. The number of nitrogens with zero attached hydrogens (tertiary/aromatic N) is 1. The minimum absolute atomic E-state index is 0.0858. The van der Waals surface area contributed by atoms with Gasteiger partial charge >= 0.3 is 0 Å². The maximum Gasteiger partial charge on any atom is 0.246 e. The van der Waals surface area contributed by atoms with Gasteiger partial charge in [-0.15, -0.1) is 0 Å². The van der Waals surface area contributed by atoms with Crippen LogP contribution in [-0.2, 0) is 14.6 Å². The first-order chi connectivity index (χ1) is 11.4. The van der Waals surface area contributed by atoms with Crippen LogP contribution in [0.4, 0.5) is 4.39 Å². The molecule has 1 N–H and O–H groups in total. The largest absolute Gasteiger partial charge is 0.329 e. The number of quaternary nitrogens is 1. The van der Waals surface area contributed by atoms with Crippen molar-refractivity contribution in [2.45, 2.75) is 12.5 Å². The van der Waals surface area contributed by atoms with Gasteiger partial charge in [-0.1, -0.05) is 12.1 Å². The highest BCUT2D eigenvalue weighted by Gasteiger charge is 2.37. The van der Waals surface area contributed by atoms with Crippen LogP contribution in [-0.4, -0.2) is 63.0 Å². The first-order valence-electron chi connectivity index (χ1n) is 8.20. The summed E-state index contributed by atoms with van der Waals surface area (Å²) in [4.78, 5) is 15.3. The molecule has 3 rings (SSSR count). The maximum atomic E-state index is 13.1. The highest BCUT2D eigenvalue weighted by Crippen LogP contribution is 2.10. The Bertz CT molecular complexity index is 740. The van der Waals surface area contributed by atoms with Crippen LogP contribution in [0.15, 0.2) is 30.3 Å². The van der Waals surface area contributed by atoms with E-state index in [2.05, 4.69) is 0 Å². The number of hydrogen-bond acceptors (Lipinski definition) is 3. The number of halogens is 1. The van der Waals surface area contributed by atoms with E-state index in [1.807, 2.05) is 0 Å². The normalized spacial score (nSPS) is 24.5. The lowest BCUT2D eigenvalue weighted by Crippen LogP contribution is -3.18. The number of rotatable bonds is 3. The summed E-state index contributed by atoms with van der Waals surface area (Å²) < 4.78 is 36.3. The second kappa shape index (κ2) is 7.03. The molecule has 0 aliphatic carbocycles. The van der Waals surface area contributed by atoms with Crippen LogP contribution < -0.4 is 4.90 Å². The molecule has 1 aromatic rings. The molecule has 130 valence electrons. The number of carbonyl (C=O) groups excluding carboxylic acids is 1. The second-order valence-corrected chi connectivity index (χ2v) is 8.70. The fourth-order valence-electron chi connectivity index (χ4n) is 3.42. The Labute approximate surface area is 141 Å². The van der Waals surface area contributed by atoms with Crippen LogP contribution in [0.1, 0.15) is 12.0 Å². The van der Waals surface area contributed by atoms with Gasteiger partial charge in [-0.25, -0.2) is 12.8 Å². The molecule has 0 aromatic heterocycles. The van der Waals surface area contributed by atoms with Crippen molar-refractivity contribution in [2.75, 3.05) is 37.7 Å². The maximum absolute atomic E-state index is 13.1. The molecule has 1 amide bonds. The van der Waals surface area contributed by atoms with Gasteiger partial charge in [0, 0.05) is 12.5 Å². The minimum atomic E-state index is -2.86. The molecule has 1 aromatic carbocycles. The molecule has 0 saturated carbocycles. The third-order valence-corrected chi connectivity index (χ3v) is 6.56. The van der Waals surface area contributed by atoms with Crippen LogP contribution in [0.25, 0.3) is 6.08 Å². The summed E-state index contributed by atoms with van der Waals surface area (Å²) in [5, 5.41) is 0. The summed E-state index contributed by atoms with van der Waals surface area (Å²) >= 11 is 0. The van der Waals surface area contributed by atoms with Crippen LogP contribution in [0.3, 0.4) is 0 Å². The molecule has 0 unspecified atom stereocenters. The van der Waals surface area contributed by atoms with Gasteiger partial charge in [0.2, 0.25) is 5.91 Å². The van der Waals surface area contributed by atoms with Crippen molar-refractivity contribution in [3.8, 4) is 0 Å². The van der Waals surface area contributed by atoms with Crippen LogP contribution in [0.2, 0.25) is 0 Å². The second-order valence-electron chi connectivity index (χ2n) is 6.47. The van der Waals surface area contributed by atoms with E-state index in [0.29, 0.717) is 24.4 Å². The Kier molecular flexibility index (Phi) is 5.01. The van der Waals surface area contributed by atoms with E-state index in [9.17, 15) is 17.6 Å². The fourth-order valence-corrected chi connectivity index (χ4v) is 5.25. The Hall–Kier alpha value is -1.73. The molecule has 2 aliphatic rings. The average Bonchev–Trinajstić information content (AvgIpc) is 2.93. The molecule has 24 heavy (non-hydrogen) atoms. The molecule has 2 saturated heterocycles. The molecule has 2 heterocycles. The lowest BCUT2D eigenvalue weighted by atomic mass is 10.2. The molecule has 0 bridgehead atoms. The van der Waals surface area contributed by atoms with Gasteiger partial charge in [-0.05, 0) is 23.8 Å². The van der Waals surface area contributed by atoms with Crippen LogP contribution in [0, 0.1) is 5.82 Å². The Balaban J connectivity index is 1.52. The Morgan fingerprint density at radius 3 is 2.67 bits per heavy atom. The van der Waals surface area contributed by atoms with E-state index in [4.69, 9.17) is 0 Å². The van der Waals surface area contributed by atoms with Crippen LogP contribution >= 0.6 is 0 Å². The molecule has 0 spiro atoms. The summed E-state index contributed by atoms with van der Waals surface area (Å²) in [7, 11) is -2.86. The van der Waals surface area contributed by atoms with Gasteiger partial charge in [0.15, 0.2) is 9.84 Å². The average molecular weight is 353 g/mol. The zero-order chi connectivity index (χ0) is 17.2. The Morgan fingerprint density at radius 1 is 1.29 bits per heavy atom. The summed E-state index contributed by atoms with van der Waals surface area (Å²) in [5.41, 5.74) is 0.656. The Morgan fingerprint density at radius 2 is 2.04 bits per heavy atom. The molecule has 0 radical (unpaired) electrons. The molecule has 1 atom stereocenters. The van der Waals surface area contributed by atoms with E-state index in [1.165, 1.54) is 23.1 Å². The fraction of sp³-hybridized carbons (Fsp3) is 0.471. The van der Waals surface area contributed by atoms with E-state index in [0.717, 1.165) is 19.5 Å². The van der Waals surface area contributed by atoms with Gasteiger partial charge in [-0.3, -0.25) is 4.79 Å². The van der Waals surface area contributed by atoms with Gasteiger partial charge in [0.25, 0.3) is 0 Å². The molecular weight excluding hydrogens is 331 g/mol. The smallest absolute Gasteiger partial charge is 0.246 e. The summed E-state index contributed by atoms with van der Waals surface area (Å²) in [6.07, 6.45) is 3.82. The predicted molar refractivity (Wildman–Crippen MR) is 89.8 cm³/mol. The van der Waals surface area contributed by atoms with Gasteiger partial charge in [0.1, 0.15) is 17.6 Å². The third kappa shape index (κ3) is 4.21. The van der Waals surface area contributed by atoms with E-state index >= 15 is 0 Å². The number of hydrogen-bond donors (Lipinski definition) is 1. The quantitative estimate of drug-likeness (QED) is 0.763. The zero-order valence-corrected chi connectivity index (χ0v) is 14.3. The van der Waals surface area contributed by atoms with Crippen molar-refractivity contribution in [1.82, 2.24) is 4.90 Å². The third-order valence-electron chi connectivity index (χ3n) is 4.79. The van der Waals surface area contributed by atoms with Crippen molar-refractivity contribution in [1.29, 1.82) is 0 Å². The lowest BCUT2D eigenvalue weighted by Gasteiger charge is -2.34. The summed E-state index contributed by atoms with van der Waals surface area (Å²) in [6.45, 7) is 2.80. The predicted octanol–water partition coefficient (Wildman–Crippen LogP) is -0.247. The van der Waals surface area contributed by atoms with Crippen molar-refractivity contribution in [3.05, 3.63) is 41.7 Å². The monoisotopic (exact) mass is 353 g/mol. The van der Waals surface area contributed by atoms with Crippen molar-refractivity contribution in [3.63, 3.8) is 0 Å². The number of nitrogens with one attached hydrogen (secondary N) is 1. The number of benzene rings is 1. The van der Waals surface area contributed by atoms with Crippen molar-refractivity contribution >= 4 is 21.8 Å². The van der Waals surface area contributed by atoms with Crippen molar-refractivity contribution < 1.29 is 22.5 Å². The number of piperazine rings is 1. The first-order valence-corrected chi connectivity index (χ1v) is 10.0. The highest BCUT2D eigenvalue weighted by molar-refractivity contribution is 7.91. The van der Waals surface area contributed by atoms with Gasteiger partial charge in [-0.2, -0.15) is 0 Å². The first kappa shape index (κ1) is 17.1. The molecule has 2 fully saturated rings. The zero-order valence-electron chi connectivity index (χ0n) is 13.4. The van der Waals surface area contributed by atoms with Gasteiger partial charge in [0.05, 0.1) is 31.9 Å². The van der Waals surface area contributed by atoms with E-state index in [1.54, 1.807) is 23.1 Å². The summed E-state index contributed by atoms with van der Waals surface area (Å²) in [6, 6.07) is 6.28. The SMILES string of the molecule is O=C(/C=C/c1cccc(F)c1)N1CC[NH+]([C@@H]2CCS(=O)(=O)C2)CC1. The minimum Gasteiger partial charge on any atom is -0.329 e. The standard InChI is InChI=1S/C17H21FN2O3S/c18-15-3-1-2-14(12-15)4-5-17(21)20-9-7-19(8-10-20)16-6-11-24(22,23)13-16/h1-5,12,16H,6-11,13H2/p+1/b5-4+/t16-/m1/s1.